The second-order valence-corrected chi connectivity index (χ2v) is 9.47. The normalized spacial score (nSPS) is 15.0. The third-order valence-electron chi connectivity index (χ3n) is 5.63. The highest BCUT2D eigenvalue weighted by Gasteiger charge is 2.32. The first-order valence-corrected chi connectivity index (χ1v) is 11.8. The number of benzene rings is 2. The van der Waals surface area contributed by atoms with E-state index in [-0.39, 0.29) is 29.8 Å². The molecule has 0 radical (unpaired) electrons. The maximum absolute atomic E-state index is 12.8. The molecule has 1 amide bonds. The van der Waals surface area contributed by atoms with Crippen LogP contribution in [0.1, 0.15) is 24.0 Å². The highest BCUT2D eigenvalue weighted by molar-refractivity contribution is 7.89. The lowest BCUT2D eigenvalue weighted by Gasteiger charge is -2.30. The van der Waals surface area contributed by atoms with Gasteiger partial charge in [0.05, 0.1) is 30.7 Å². The quantitative estimate of drug-likeness (QED) is 0.652. The van der Waals surface area contributed by atoms with Gasteiger partial charge in [0.2, 0.25) is 15.9 Å². The molecule has 2 aromatic carbocycles. The van der Waals surface area contributed by atoms with Crippen molar-refractivity contribution in [2.24, 2.45) is 5.92 Å². The fourth-order valence-corrected chi connectivity index (χ4v) is 5.22. The lowest BCUT2D eigenvalue weighted by atomic mass is 9.97. The predicted molar refractivity (Wildman–Crippen MR) is 119 cm³/mol. The van der Waals surface area contributed by atoms with Crippen molar-refractivity contribution in [1.82, 2.24) is 9.62 Å². The number of carbonyl (C=O) groups excluding carboxylic acids is 1. The minimum atomic E-state index is -3.64. The van der Waals surface area contributed by atoms with Crippen LogP contribution in [0, 0.1) is 17.2 Å². The number of nitrogens with one attached hydrogen (secondary N) is 1. The number of amides is 1. The van der Waals surface area contributed by atoms with Crippen LogP contribution in [0.3, 0.4) is 0 Å². The highest BCUT2D eigenvalue weighted by Crippen LogP contribution is 2.25. The molecule has 2 aromatic rings. The van der Waals surface area contributed by atoms with E-state index >= 15 is 0 Å². The summed E-state index contributed by atoms with van der Waals surface area (Å²) in [5.41, 5.74) is 1.35. The maximum atomic E-state index is 12.8. The average Bonchev–Trinajstić information content (AvgIpc) is 2.84. The number of hydrogen-bond acceptors (Lipinski definition) is 6. The van der Waals surface area contributed by atoms with Crippen LogP contribution in [0.5, 0.6) is 11.5 Å². The first kappa shape index (κ1) is 23.6. The topological polar surface area (TPSA) is 109 Å². The van der Waals surface area contributed by atoms with Crippen molar-refractivity contribution >= 4 is 15.9 Å². The van der Waals surface area contributed by atoms with Crippen LogP contribution in [0.4, 0.5) is 0 Å². The van der Waals surface area contributed by atoms with E-state index in [9.17, 15) is 13.2 Å². The second-order valence-electron chi connectivity index (χ2n) is 7.53. The number of carbonyl (C=O) groups is 1. The van der Waals surface area contributed by atoms with Crippen LogP contribution in [-0.4, -0.2) is 52.5 Å². The summed E-state index contributed by atoms with van der Waals surface area (Å²) in [5, 5.41) is 11.8. The zero-order valence-corrected chi connectivity index (χ0v) is 19.0. The average molecular weight is 458 g/mol. The predicted octanol–water partition coefficient (Wildman–Crippen LogP) is 2.34. The Morgan fingerprint density at radius 1 is 1.12 bits per heavy atom. The molecule has 0 aromatic heterocycles. The number of nitriles is 1. The van der Waals surface area contributed by atoms with E-state index in [1.165, 1.54) is 28.6 Å². The summed E-state index contributed by atoms with van der Waals surface area (Å²) in [7, 11) is -0.438. The summed E-state index contributed by atoms with van der Waals surface area (Å²) in [6, 6.07) is 13.4. The summed E-state index contributed by atoms with van der Waals surface area (Å²) in [6.45, 7) is 1.01. The number of sulfonamides is 1. The molecule has 1 fully saturated rings. The van der Waals surface area contributed by atoms with Crippen LogP contribution in [-0.2, 0) is 21.2 Å². The summed E-state index contributed by atoms with van der Waals surface area (Å²) in [5.74, 6) is 1.17. The molecule has 9 heteroatoms. The van der Waals surface area contributed by atoms with Gasteiger partial charge in [-0.3, -0.25) is 4.79 Å². The van der Waals surface area contributed by atoms with Crippen LogP contribution in [0.2, 0.25) is 0 Å². The van der Waals surface area contributed by atoms with E-state index in [0.29, 0.717) is 31.4 Å². The van der Waals surface area contributed by atoms with Crippen LogP contribution in [0.15, 0.2) is 47.4 Å². The Labute approximate surface area is 188 Å². The molecule has 1 heterocycles. The molecule has 1 N–H and O–H groups in total. The summed E-state index contributed by atoms with van der Waals surface area (Å²) >= 11 is 0. The number of ether oxygens (including phenoxy) is 2. The standard InChI is InChI=1S/C23H27N3O5S/c1-30-20-5-8-22(31-2)19(15-20)9-12-25-23(27)18-10-13-26(14-11-18)32(28,29)21-6-3-17(16-24)4-7-21/h3-8,15,18H,9-14H2,1-2H3,(H,25,27). The first-order chi connectivity index (χ1) is 15.4. The van der Waals surface area contributed by atoms with Gasteiger partial charge in [0.25, 0.3) is 0 Å². The van der Waals surface area contributed by atoms with E-state index in [0.717, 1.165) is 17.1 Å². The van der Waals surface area contributed by atoms with Gasteiger partial charge in [0, 0.05) is 25.6 Å². The lowest BCUT2D eigenvalue weighted by Crippen LogP contribution is -2.43. The number of piperidine rings is 1. The van der Waals surface area contributed by atoms with E-state index in [1.54, 1.807) is 14.2 Å². The minimum Gasteiger partial charge on any atom is -0.497 e. The molecule has 1 aliphatic rings. The van der Waals surface area contributed by atoms with Crippen LogP contribution >= 0.6 is 0 Å². The highest BCUT2D eigenvalue weighted by atomic mass is 32.2. The van der Waals surface area contributed by atoms with Gasteiger partial charge in [-0.15, -0.1) is 0 Å². The maximum Gasteiger partial charge on any atom is 0.243 e. The fraction of sp³-hybridized carbons (Fsp3) is 0.391. The molecule has 8 nitrogen and oxygen atoms in total. The Kier molecular flexibility index (Phi) is 7.72. The minimum absolute atomic E-state index is 0.0673. The molecule has 1 saturated heterocycles. The van der Waals surface area contributed by atoms with Gasteiger partial charge < -0.3 is 14.8 Å². The van der Waals surface area contributed by atoms with Gasteiger partial charge in [-0.1, -0.05) is 0 Å². The smallest absolute Gasteiger partial charge is 0.243 e. The SMILES string of the molecule is COc1ccc(OC)c(CCNC(=O)C2CCN(S(=O)(=O)c3ccc(C#N)cc3)CC2)c1. The molecule has 32 heavy (non-hydrogen) atoms. The molecular weight excluding hydrogens is 430 g/mol. The lowest BCUT2D eigenvalue weighted by molar-refractivity contribution is -0.126. The van der Waals surface area contributed by atoms with Gasteiger partial charge in [-0.25, -0.2) is 8.42 Å². The third kappa shape index (κ3) is 5.39. The van der Waals surface area contributed by atoms with Gasteiger partial charge in [-0.2, -0.15) is 9.57 Å². The fourth-order valence-electron chi connectivity index (χ4n) is 3.75. The zero-order chi connectivity index (χ0) is 23.1. The molecular formula is C23H27N3O5S. The van der Waals surface area contributed by atoms with Crippen LogP contribution < -0.4 is 14.8 Å². The van der Waals surface area contributed by atoms with Gasteiger partial charge in [0.1, 0.15) is 11.5 Å². The number of methoxy groups -OCH3 is 2. The molecule has 170 valence electrons. The van der Waals surface area contributed by atoms with E-state index in [4.69, 9.17) is 14.7 Å². The largest absolute Gasteiger partial charge is 0.497 e. The van der Waals surface area contributed by atoms with Crippen molar-refractivity contribution in [1.29, 1.82) is 5.26 Å². The molecule has 0 spiro atoms. The molecule has 0 unspecified atom stereocenters. The van der Waals surface area contributed by atoms with E-state index in [1.807, 2.05) is 24.3 Å². The Morgan fingerprint density at radius 3 is 2.41 bits per heavy atom. The van der Waals surface area contributed by atoms with Gasteiger partial charge in [0.15, 0.2) is 0 Å². The Hall–Kier alpha value is -3.09. The van der Waals surface area contributed by atoms with Crippen molar-refractivity contribution in [3.63, 3.8) is 0 Å². The summed E-state index contributed by atoms with van der Waals surface area (Å²) < 4.78 is 37.7. The van der Waals surface area contributed by atoms with Gasteiger partial charge in [-0.05, 0) is 67.3 Å². The monoisotopic (exact) mass is 457 g/mol. The molecule has 0 bridgehead atoms. The van der Waals surface area contributed by atoms with Crippen molar-refractivity contribution in [3.05, 3.63) is 53.6 Å². The zero-order valence-electron chi connectivity index (χ0n) is 18.2. The molecule has 3 rings (SSSR count). The molecule has 0 saturated carbocycles. The first-order valence-electron chi connectivity index (χ1n) is 10.4. The Bertz CT molecular complexity index is 1090. The van der Waals surface area contributed by atoms with Gasteiger partial charge >= 0.3 is 0 Å². The Morgan fingerprint density at radius 2 is 1.81 bits per heavy atom. The number of nitrogens with zero attached hydrogens (tertiary/aromatic N) is 2. The van der Waals surface area contributed by atoms with Crippen molar-refractivity contribution in [2.45, 2.75) is 24.2 Å². The van der Waals surface area contributed by atoms with Crippen molar-refractivity contribution in [2.75, 3.05) is 33.9 Å². The molecule has 0 aliphatic carbocycles. The summed E-state index contributed by atoms with van der Waals surface area (Å²) in [6.07, 6.45) is 1.52. The third-order valence-corrected chi connectivity index (χ3v) is 7.54. The molecule has 1 aliphatic heterocycles. The van der Waals surface area contributed by atoms with Crippen LogP contribution in [0.25, 0.3) is 0 Å². The van der Waals surface area contributed by atoms with E-state index < -0.39 is 10.0 Å². The number of hydrogen-bond donors (Lipinski definition) is 1. The summed E-state index contributed by atoms with van der Waals surface area (Å²) in [4.78, 5) is 12.8. The molecule has 0 atom stereocenters. The van der Waals surface area contributed by atoms with Crippen molar-refractivity contribution in [3.8, 4) is 17.6 Å². The number of rotatable bonds is 8. The second kappa shape index (κ2) is 10.5. The Balaban J connectivity index is 1.52. The van der Waals surface area contributed by atoms with Crippen molar-refractivity contribution < 1.29 is 22.7 Å². The van der Waals surface area contributed by atoms with E-state index in [2.05, 4.69) is 5.32 Å².